The number of ether oxygens (including phenoxy) is 2. The summed E-state index contributed by atoms with van der Waals surface area (Å²) >= 11 is 0. The molecule has 1 unspecified atom stereocenters. The van der Waals surface area contributed by atoms with Crippen LogP contribution < -0.4 is 0 Å². The van der Waals surface area contributed by atoms with E-state index in [1.165, 1.54) is 0 Å². The molecule has 1 aromatic rings. The number of benzene rings is 1. The SMILES string of the molecule is COCC(C)OCc1cccc(C#CCCO)c1. The quantitative estimate of drug-likeness (QED) is 0.782. The van der Waals surface area contributed by atoms with Gasteiger partial charge in [-0.25, -0.2) is 0 Å². The molecule has 0 bridgehead atoms. The van der Waals surface area contributed by atoms with Gasteiger partial charge in [-0.05, 0) is 24.6 Å². The zero-order valence-electron chi connectivity index (χ0n) is 11.0. The molecule has 3 heteroatoms. The van der Waals surface area contributed by atoms with Crippen LogP contribution in [0.25, 0.3) is 0 Å². The predicted octanol–water partition coefficient (Wildman–Crippen LogP) is 1.97. The monoisotopic (exact) mass is 248 g/mol. The molecule has 3 nitrogen and oxygen atoms in total. The molecule has 0 fully saturated rings. The predicted molar refractivity (Wildman–Crippen MR) is 71.1 cm³/mol. The molecule has 1 rings (SSSR count). The van der Waals surface area contributed by atoms with E-state index in [-0.39, 0.29) is 12.7 Å². The van der Waals surface area contributed by atoms with Gasteiger partial charge in [-0.3, -0.25) is 0 Å². The second-order valence-electron chi connectivity index (χ2n) is 4.05. The van der Waals surface area contributed by atoms with Crippen molar-refractivity contribution in [1.29, 1.82) is 0 Å². The first-order valence-electron chi connectivity index (χ1n) is 6.05. The molecule has 0 amide bonds. The second-order valence-corrected chi connectivity index (χ2v) is 4.05. The van der Waals surface area contributed by atoms with Crippen LogP contribution in [0.1, 0.15) is 24.5 Å². The van der Waals surface area contributed by atoms with Crippen molar-refractivity contribution in [3.8, 4) is 11.8 Å². The number of hydrogen-bond donors (Lipinski definition) is 1. The molecule has 0 heterocycles. The molecule has 0 aliphatic heterocycles. The van der Waals surface area contributed by atoms with Crippen molar-refractivity contribution in [3.05, 3.63) is 35.4 Å². The van der Waals surface area contributed by atoms with E-state index >= 15 is 0 Å². The molecule has 0 saturated heterocycles. The highest BCUT2D eigenvalue weighted by Gasteiger charge is 2.01. The van der Waals surface area contributed by atoms with E-state index in [0.717, 1.165) is 11.1 Å². The molecular formula is C15H20O3. The van der Waals surface area contributed by atoms with E-state index in [2.05, 4.69) is 11.8 Å². The number of aliphatic hydroxyl groups is 1. The van der Waals surface area contributed by atoms with Crippen LogP contribution >= 0.6 is 0 Å². The Labute approximate surface area is 109 Å². The molecule has 98 valence electrons. The van der Waals surface area contributed by atoms with Crippen LogP contribution in [0.2, 0.25) is 0 Å². The zero-order valence-corrected chi connectivity index (χ0v) is 11.0. The van der Waals surface area contributed by atoms with E-state index in [4.69, 9.17) is 14.6 Å². The summed E-state index contributed by atoms with van der Waals surface area (Å²) in [6, 6.07) is 7.93. The number of aliphatic hydroxyl groups excluding tert-OH is 1. The van der Waals surface area contributed by atoms with Crippen LogP contribution in [0.3, 0.4) is 0 Å². The third-order valence-corrected chi connectivity index (χ3v) is 2.33. The molecule has 1 aromatic carbocycles. The van der Waals surface area contributed by atoms with E-state index in [9.17, 15) is 0 Å². The van der Waals surface area contributed by atoms with Gasteiger partial charge >= 0.3 is 0 Å². The number of hydrogen-bond acceptors (Lipinski definition) is 3. The van der Waals surface area contributed by atoms with Crippen LogP contribution in [0.5, 0.6) is 0 Å². The number of methoxy groups -OCH3 is 1. The molecule has 0 radical (unpaired) electrons. The van der Waals surface area contributed by atoms with Crippen LogP contribution in [0, 0.1) is 11.8 Å². The minimum absolute atomic E-state index is 0.0825. The summed E-state index contributed by atoms with van der Waals surface area (Å²) in [5.41, 5.74) is 2.04. The lowest BCUT2D eigenvalue weighted by Gasteiger charge is -2.11. The standard InChI is InChI=1S/C15H20O3/c1-13(11-17-2)18-12-15-8-5-7-14(10-15)6-3-4-9-16/h5,7-8,10,13,16H,4,9,11-12H2,1-2H3. The lowest BCUT2D eigenvalue weighted by Crippen LogP contribution is -2.14. The van der Waals surface area contributed by atoms with Crippen molar-refractivity contribution in [2.24, 2.45) is 0 Å². The summed E-state index contributed by atoms with van der Waals surface area (Å²) in [6.07, 6.45) is 0.588. The van der Waals surface area contributed by atoms with Gasteiger partial charge < -0.3 is 14.6 Å². The number of rotatable bonds is 6. The Morgan fingerprint density at radius 2 is 2.22 bits per heavy atom. The molecule has 18 heavy (non-hydrogen) atoms. The van der Waals surface area contributed by atoms with Gasteiger partial charge in [0.2, 0.25) is 0 Å². The maximum atomic E-state index is 8.66. The maximum absolute atomic E-state index is 8.66. The van der Waals surface area contributed by atoms with E-state index in [1.54, 1.807) is 7.11 Å². The van der Waals surface area contributed by atoms with Crippen LogP contribution in [-0.2, 0) is 16.1 Å². The first kappa shape index (κ1) is 14.7. The molecule has 1 N–H and O–H groups in total. The molecule has 0 aromatic heterocycles. The van der Waals surface area contributed by atoms with Crippen molar-refractivity contribution in [1.82, 2.24) is 0 Å². The summed E-state index contributed by atoms with van der Waals surface area (Å²) in [7, 11) is 1.66. The van der Waals surface area contributed by atoms with E-state index < -0.39 is 0 Å². The minimum Gasteiger partial charge on any atom is -0.395 e. The summed E-state index contributed by atoms with van der Waals surface area (Å²) in [5.74, 6) is 5.91. The Morgan fingerprint density at radius 1 is 1.39 bits per heavy atom. The Morgan fingerprint density at radius 3 is 2.94 bits per heavy atom. The minimum atomic E-state index is 0.0825. The Kier molecular flexibility index (Phi) is 7.12. The Hall–Kier alpha value is -1.34. The highest BCUT2D eigenvalue weighted by molar-refractivity contribution is 5.36. The first-order valence-corrected chi connectivity index (χ1v) is 6.05. The average molecular weight is 248 g/mol. The fourth-order valence-corrected chi connectivity index (χ4v) is 1.48. The van der Waals surface area contributed by atoms with Gasteiger partial charge in [0.1, 0.15) is 0 Å². The van der Waals surface area contributed by atoms with Crippen LogP contribution in [-0.4, -0.2) is 31.5 Å². The largest absolute Gasteiger partial charge is 0.395 e. The van der Waals surface area contributed by atoms with Crippen molar-refractivity contribution in [2.45, 2.75) is 26.1 Å². The summed E-state index contributed by atoms with van der Waals surface area (Å²) in [4.78, 5) is 0. The summed E-state index contributed by atoms with van der Waals surface area (Å²) in [6.45, 7) is 3.23. The highest BCUT2D eigenvalue weighted by Crippen LogP contribution is 2.07. The molecular weight excluding hydrogens is 228 g/mol. The maximum Gasteiger partial charge on any atom is 0.0784 e. The van der Waals surface area contributed by atoms with Gasteiger partial charge in [-0.2, -0.15) is 0 Å². The van der Waals surface area contributed by atoms with Gasteiger partial charge in [-0.15, -0.1) is 0 Å². The Bertz CT molecular complexity index is 404. The van der Waals surface area contributed by atoms with E-state index in [1.807, 2.05) is 31.2 Å². The first-order chi connectivity index (χ1) is 8.76. The lowest BCUT2D eigenvalue weighted by atomic mass is 10.1. The second kappa shape index (κ2) is 8.71. The topological polar surface area (TPSA) is 38.7 Å². The molecule has 1 atom stereocenters. The van der Waals surface area contributed by atoms with Gasteiger partial charge in [0, 0.05) is 19.1 Å². The fourth-order valence-electron chi connectivity index (χ4n) is 1.48. The van der Waals surface area contributed by atoms with Gasteiger partial charge in [0.05, 0.1) is 25.9 Å². The van der Waals surface area contributed by atoms with Crippen LogP contribution in [0.15, 0.2) is 24.3 Å². The van der Waals surface area contributed by atoms with Gasteiger partial charge in [0.25, 0.3) is 0 Å². The Balaban J connectivity index is 2.52. The fraction of sp³-hybridized carbons (Fsp3) is 0.467. The summed E-state index contributed by atoms with van der Waals surface area (Å²) < 4.78 is 10.6. The van der Waals surface area contributed by atoms with Crippen molar-refractivity contribution in [2.75, 3.05) is 20.3 Å². The molecule has 0 aliphatic carbocycles. The normalized spacial score (nSPS) is 11.7. The van der Waals surface area contributed by atoms with Gasteiger partial charge in [-0.1, -0.05) is 24.0 Å². The zero-order chi connectivity index (χ0) is 13.2. The van der Waals surface area contributed by atoms with Crippen molar-refractivity contribution in [3.63, 3.8) is 0 Å². The summed E-state index contributed by atoms with van der Waals surface area (Å²) in [5, 5.41) is 8.66. The molecule has 0 aliphatic rings. The van der Waals surface area contributed by atoms with E-state index in [0.29, 0.717) is 19.6 Å². The lowest BCUT2D eigenvalue weighted by molar-refractivity contribution is -0.000130. The highest BCUT2D eigenvalue weighted by atomic mass is 16.5. The third kappa shape index (κ3) is 5.83. The molecule has 0 spiro atoms. The van der Waals surface area contributed by atoms with Crippen LogP contribution in [0.4, 0.5) is 0 Å². The third-order valence-electron chi connectivity index (χ3n) is 2.33. The van der Waals surface area contributed by atoms with Gasteiger partial charge in [0.15, 0.2) is 0 Å². The average Bonchev–Trinajstić information content (AvgIpc) is 2.38. The smallest absolute Gasteiger partial charge is 0.0784 e. The van der Waals surface area contributed by atoms with Crippen molar-refractivity contribution < 1.29 is 14.6 Å². The van der Waals surface area contributed by atoms with Crippen molar-refractivity contribution >= 4 is 0 Å². The molecule has 0 saturated carbocycles.